The van der Waals surface area contributed by atoms with Crippen LogP contribution in [0.25, 0.3) is 51.0 Å². The predicted molar refractivity (Wildman–Crippen MR) is 168 cm³/mol. The van der Waals surface area contributed by atoms with Crippen LogP contribution in [0.4, 0.5) is 0 Å². The van der Waals surface area contributed by atoms with Crippen molar-refractivity contribution in [3.63, 3.8) is 0 Å². The Morgan fingerprint density at radius 2 is 1.32 bits per heavy atom. The van der Waals surface area contributed by atoms with Gasteiger partial charge in [-0.05, 0) is 63.0 Å². The van der Waals surface area contributed by atoms with Gasteiger partial charge in [-0.25, -0.2) is 9.78 Å². The van der Waals surface area contributed by atoms with E-state index >= 15 is 0 Å². The average Bonchev–Trinajstić information content (AvgIpc) is 3.44. The number of carboxylic acids is 1. The molecule has 0 saturated heterocycles. The number of benzene rings is 5. The van der Waals surface area contributed by atoms with Crippen molar-refractivity contribution >= 4 is 68.9 Å². The van der Waals surface area contributed by atoms with Crippen LogP contribution < -0.4 is 0 Å². The third kappa shape index (κ3) is 6.49. The van der Waals surface area contributed by atoms with Crippen molar-refractivity contribution in [2.24, 2.45) is 0 Å². The predicted octanol–water partition coefficient (Wildman–Crippen LogP) is 9.64. The monoisotopic (exact) mass is 562 g/mol. The Bertz CT molecular complexity index is 1860. The third-order valence-corrected chi connectivity index (χ3v) is 6.84. The second-order valence-corrected chi connectivity index (χ2v) is 9.79. The molecular weight excluding hydrogens is 539 g/mol. The van der Waals surface area contributed by atoms with Gasteiger partial charge in [-0.15, -0.1) is 0 Å². The molecule has 1 aromatic heterocycles. The Labute approximate surface area is 241 Å². The number of rotatable bonds is 5. The molecular formula is C34H24Cl2N2O2. The number of halogens is 2. The molecule has 4 nitrogen and oxygen atoms in total. The maximum atomic E-state index is 10.4. The van der Waals surface area contributed by atoms with Crippen LogP contribution >= 0.6 is 23.2 Å². The second kappa shape index (κ2) is 12.5. The van der Waals surface area contributed by atoms with Crippen molar-refractivity contribution in [3.05, 3.63) is 142 Å². The van der Waals surface area contributed by atoms with Crippen molar-refractivity contribution < 1.29 is 9.90 Å². The number of carboxylic acid groups (broad SMARTS) is 1. The fourth-order valence-electron chi connectivity index (χ4n) is 4.39. The van der Waals surface area contributed by atoms with Gasteiger partial charge in [0.05, 0.1) is 16.9 Å². The van der Waals surface area contributed by atoms with Gasteiger partial charge >= 0.3 is 5.97 Å². The maximum Gasteiger partial charge on any atom is 0.328 e. The van der Waals surface area contributed by atoms with Gasteiger partial charge in [0.1, 0.15) is 5.82 Å². The summed E-state index contributed by atoms with van der Waals surface area (Å²) in [5.74, 6) is -0.156. The molecule has 2 N–H and O–H groups in total. The Kier molecular flexibility index (Phi) is 8.41. The highest BCUT2D eigenvalue weighted by atomic mass is 35.5. The fraction of sp³-hybridized carbons (Fsp3) is 0. The Morgan fingerprint density at radius 1 is 0.725 bits per heavy atom. The van der Waals surface area contributed by atoms with Gasteiger partial charge < -0.3 is 10.1 Å². The lowest BCUT2D eigenvalue weighted by atomic mass is 10.0. The van der Waals surface area contributed by atoms with Crippen LogP contribution in [0, 0.1) is 0 Å². The average molecular weight is 563 g/mol. The molecule has 0 fully saturated rings. The number of nitrogens with zero attached hydrogens (tertiary/aromatic N) is 1. The molecule has 5 aromatic carbocycles. The van der Waals surface area contributed by atoms with Crippen molar-refractivity contribution in [1.82, 2.24) is 9.97 Å². The van der Waals surface area contributed by atoms with Gasteiger partial charge in [0.25, 0.3) is 0 Å². The molecule has 0 atom stereocenters. The van der Waals surface area contributed by atoms with Crippen LogP contribution in [0.3, 0.4) is 0 Å². The van der Waals surface area contributed by atoms with Crippen LogP contribution in [0.1, 0.15) is 17.0 Å². The van der Waals surface area contributed by atoms with Crippen LogP contribution in [0.15, 0.2) is 115 Å². The minimum absolute atomic E-state index is 0.598. The number of carbonyl (C=O) groups is 1. The molecule has 0 radical (unpaired) electrons. The van der Waals surface area contributed by atoms with E-state index in [1.165, 1.54) is 10.8 Å². The largest absolute Gasteiger partial charge is 0.478 e. The summed E-state index contributed by atoms with van der Waals surface area (Å²) in [6.07, 6.45) is 8.58. The molecule has 0 bridgehead atoms. The second-order valence-electron chi connectivity index (χ2n) is 8.95. The molecule has 6 heteroatoms. The summed E-state index contributed by atoms with van der Waals surface area (Å²) < 4.78 is 0. The van der Waals surface area contributed by atoms with Gasteiger partial charge in [-0.3, -0.25) is 0 Å². The number of hydrogen-bond acceptors (Lipinski definition) is 2. The number of fused-ring (bicyclic) bond motifs is 2. The van der Waals surface area contributed by atoms with Gasteiger partial charge in [-0.2, -0.15) is 0 Å². The van der Waals surface area contributed by atoms with Crippen LogP contribution in [0.2, 0.25) is 10.0 Å². The molecule has 196 valence electrons. The minimum Gasteiger partial charge on any atom is -0.478 e. The topological polar surface area (TPSA) is 66.0 Å². The van der Waals surface area contributed by atoms with E-state index in [0.717, 1.165) is 45.1 Å². The van der Waals surface area contributed by atoms with Gasteiger partial charge in [0, 0.05) is 16.7 Å². The van der Waals surface area contributed by atoms with E-state index in [9.17, 15) is 4.79 Å². The van der Waals surface area contributed by atoms with Crippen molar-refractivity contribution in [1.29, 1.82) is 0 Å². The highest BCUT2D eigenvalue weighted by Gasteiger charge is 2.07. The SMILES string of the molecule is Clc1ccc(-c2cnc(C=Cc3cccc4ccccc34)[nH]2)c(Cl)c1.O=C(O)/C=C/c1cccc2ccccc12. The highest BCUT2D eigenvalue weighted by molar-refractivity contribution is 6.36. The van der Waals surface area contributed by atoms with Crippen LogP contribution in [-0.2, 0) is 4.79 Å². The molecule has 0 aliphatic rings. The normalized spacial score (nSPS) is 11.2. The lowest BCUT2D eigenvalue weighted by Gasteiger charge is -2.02. The lowest BCUT2D eigenvalue weighted by molar-refractivity contribution is -0.131. The molecule has 0 aliphatic carbocycles. The zero-order valence-corrected chi connectivity index (χ0v) is 22.8. The molecule has 6 rings (SSSR count). The van der Waals surface area contributed by atoms with Crippen LogP contribution in [0.5, 0.6) is 0 Å². The highest BCUT2D eigenvalue weighted by Crippen LogP contribution is 2.29. The van der Waals surface area contributed by atoms with Gasteiger partial charge in [-0.1, -0.05) is 114 Å². The molecule has 0 unspecified atom stereocenters. The number of H-pyrrole nitrogens is 1. The molecule has 0 spiro atoms. The van der Waals surface area contributed by atoms with E-state index in [1.54, 1.807) is 18.3 Å². The number of hydrogen-bond donors (Lipinski definition) is 2. The zero-order valence-electron chi connectivity index (χ0n) is 21.3. The number of imidazole rings is 1. The minimum atomic E-state index is -0.928. The first kappa shape index (κ1) is 26.9. The summed E-state index contributed by atoms with van der Waals surface area (Å²) >= 11 is 12.2. The van der Waals surface area contributed by atoms with E-state index in [2.05, 4.69) is 46.4 Å². The molecule has 1 heterocycles. The summed E-state index contributed by atoms with van der Waals surface area (Å²) in [7, 11) is 0. The number of aromatic amines is 1. The molecule has 0 saturated carbocycles. The van der Waals surface area contributed by atoms with Crippen LogP contribution in [-0.4, -0.2) is 21.0 Å². The first-order chi connectivity index (χ1) is 19.5. The summed E-state index contributed by atoms with van der Waals surface area (Å²) in [6.45, 7) is 0. The lowest BCUT2D eigenvalue weighted by Crippen LogP contribution is -1.86. The summed E-state index contributed by atoms with van der Waals surface area (Å²) in [5.41, 5.74) is 3.82. The van der Waals surface area contributed by atoms with Crippen molar-refractivity contribution in [2.45, 2.75) is 0 Å². The molecule has 40 heavy (non-hydrogen) atoms. The van der Waals surface area contributed by atoms with E-state index < -0.39 is 5.97 Å². The zero-order chi connectivity index (χ0) is 27.9. The number of aliphatic carboxylic acids is 1. The maximum absolute atomic E-state index is 10.4. The van der Waals surface area contributed by atoms with Crippen molar-refractivity contribution in [2.75, 3.05) is 0 Å². The summed E-state index contributed by atoms with van der Waals surface area (Å²) in [4.78, 5) is 18.1. The standard InChI is InChI=1S/C21H14Cl2N2.C13H10O2/c22-16-9-10-18(19(23)12-16)20-13-24-21(25-20)11-8-15-6-3-5-14-4-1-2-7-17(14)15;14-13(15)9-8-11-6-3-5-10-4-1-2-7-12(10)11/h1-13H,(H,24,25);1-9H,(H,14,15)/b;9-8+. The van der Waals surface area contributed by atoms with E-state index in [0.29, 0.717) is 10.0 Å². The van der Waals surface area contributed by atoms with Gasteiger partial charge in [0.15, 0.2) is 0 Å². The smallest absolute Gasteiger partial charge is 0.328 e. The van der Waals surface area contributed by atoms with E-state index in [1.807, 2.05) is 72.8 Å². The fourth-order valence-corrected chi connectivity index (χ4v) is 4.90. The Morgan fingerprint density at radius 3 is 1.95 bits per heavy atom. The Hall–Kier alpha value is -4.64. The van der Waals surface area contributed by atoms with E-state index in [-0.39, 0.29) is 0 Å². The van der Waals surface area contributed by atoms with Crippen molar-refractivity contribution in [3.8, 4) is 11.3 Å². The molecule has 0 aliphatic heterocycles. The summed E-state index contributed by atoms with van der Waals surface area (Å²) in [6, 6.07) is 33.8. The molecule has 6 aromatic rings. The number of aromatic nitrogens is 2. The number of nitrogens with one attached hydrogen (secondary N) is 1. The Balaban J connectivity index is 0.000000184. The van der Waals surface area contributed by atoms with Gasteiger partial charge in [0.2, 0.25) is 0 Å². The first-order valence-corrected chi connectivity index (χ1v) is 13.3. The molecule has 0 amide bonds. The first-order valence-electron chi connectivity index (χ1n) is 12.5. The third-order valence-electron chi connectivity index (χ3n) is 6.29. The van der Waals surface area contributed by atoms with E-state index in [4.69, 9.17) is 28.3 Å². The summed E-state index contributed by atoms with van der Waals surface area (Å²) in [5, 5.41) is 14.4. The quantitative estimate of drug-likeness (QED) is 0.205.